The Bertz CT molecular complexity index is 1010. The molecule has 2 bridgehead atoms. The van der Waals surface area contributed by atoms with Gasteiger partial charge in [-0.15, -0.1) is 0 Å². The van der Waals surface area contributed by atoms with Gasteiger partial charge in [0, 0.05) is 52.0 Å². The lowest BCUT2D eigenvalue weighted by Gasteiger charge is -2.52. The fourth-order valence-electron chi connectivity index (χ4n) is 6.80. The van der Waals surface area contributed by atoms with Gasteiger partial charge >= 0.3 is 5.97 Å². The zero-order chi connectivity index (χ0) is 24.0. The Kier molecular flexibility index (Phi) is 5.91. The van der Waals surface area contributed by atoms with E-state index in [1.54, 1.807) is 12.4 Å². The summed E-state index contributed by atoms with van der Waals surface area (Å²) in [6, 6.07) is 1.81. The van der Waals surface area contributed by atoms with Gasteiger partial charge in [0.25, 0.3) is 0 Å². The minimum absolute atomic E-state index is 0.0390. The number of imide groups is 1. The second-order valence-electron chi connectivity index (χ2n) is 10.2. The summed E-state index contributed by atoms with van der Waals surface area (Å²) in [5, 5.41) is 0. The molecule has 34 heavy (non-hydrogen) atoms. The summed E-state index contributed by atoms with van der Waals surface area (Å²) >= 11 is 0. The number of likely N-dealkylation sites (tertiary alicyclic amines) is 1. The molecule has 3 heterocycles. The van der Waals surface area contributed by atoms with Crippen LogP contribution in [0.3, 0.4) is 0 Å². The summed E-state index contributed by atoms with van der Waals surface area (Å²) in [5.74, 6) is -0.714. The normalized spacial score (nSPS) is 33.2. The van der Waals surface area contributed by atoms with Gasteiger partial charge in [-0.3, -0.25) is 24.2 Å². The molecule has 1 saturated carbocycles. The first-order valence-electron chi connectivity index (χ1n) is 12.3. The van der Waals surface area contributed by atoms with Gasteiger partial charge in [0.05, 0.1) is 11.8 Å². The van der Waals surface area contributed by atoms with Crippen LogP contribution in [0.25, 0.3) is 0 Å². The second-order valence-corrected chi connectivity index (χ2v) is 10.2. The number of aromatic nitrogens is 2. The zero-order valence-electron chi connectivity index (χ0n) is 20.1. The molecule has 0 radical (unpaired) electrons. The molecule has 2 amide bonds. The van der Waals surface area contributed by atoms with Crippen molar-refractivity contribution >= 4 is 23.7 Å². The molecular formula is C25H33N5O4. The average molecular weight is 468 g/mol. The lowest BCUT2D eigenvalue weighted by molar-refractivity contribution is -0.173. The van der Waals surface area contributed by atoms with Gasteiger partial charge in [0.15, 0.2) is 0 Å². The summed E-state index contributed by atoms with van der Waals surface area (Å²) in [6.45, 7) is 10.2. The molecular weight excluding hydrogens is 434 g/mol. The van der Waals surface area contributed by atoms with Gasteiger partial charge in [-0.05, 0) is 50.3 Å². The van der Waals surface area contributed by atoms with Crippen molar-refractivity contribution in [3.05, 3.63) is 30.1 Å². The fraction of sp³-hybridized carbons (Fsp3) is 0.640. The quantitative estimate of drug-likeness (QED) is 0.353. The topological polar surface area (TPSA) is 95.9 Å². The van der Waals surface area contributed by atoms with Crippen LogP contribution < -0.4 is 4.90 Å². The van der Waals surface area contributed by atoms with Crippen LogP contribution in [0.2, 0.25) is 0 Å². The van der Waals surface area contributed by atoms with Crippen LogP contribution in [0.4, 0.5) is 5.95 Å². The molecule has 6 rings (SSSR count). The summed E-state index contributed by atoms with van der Waals surface area (Å²) in [7, 11) is 0. The van der Waals surface area contributed by atoms with E-state index in [2.05, 4.69) is 26.7 Å². The first-order chi connectivity index (χ1) is 16.3. The van der Waals surface area contributed by atoms with Crippen molar-refractivity contribution in [2.75, 3.05) is 44.2 Å². The van der Waals surface area contributed by atoms with Crippen LogP contribution >= 0.6 is 0 Å². The summed E-state index contributed by atoms with van der Waals surface area (Å²) < 4.78 is 5.80. The van der Waals surface area contributed by atoms with Crippen LogP contribution in [0, 0.1) is 23.7 Å². The Hall–Kier alpha value is -2.81. The molecule has 3 fully saturated rings. The maximum absolute atomic E-state index is 13.5. The van der Waals surface area contributed by atoms with Crippen molar-refractivity contribution < 1.29 is 19.1 Å². The molecule has 3 aliphatic carbocycles. The van der Waals surface area contributed by atoms with Gasteiger partial charge in [-0.1, -0.05) is 12.5 Å². The van der Waals surface area contributed by atoms with Gasteiger partial charge in [-0.2, -0.15) is 0 Å². The van der Waals surface area contributed by atoms with Crippen molar-refractivity contribution in [3.63, 3.8) is 0 Å². The molecule has 2 saturated heterocycles. The first-order valence-corrected chi connectivity index (χ1v) is 12.3. The Balaban J connectivity index is 1.21. The Morgan fingerprint density at radius 2 is 1.79 bits per heavy atom. The second kappa shape index (κ2) is 8.76. The monoisotopic (exact) mass is 467 g/mol. The molecule has 1 aromatic rings. The number of rotatable bonds is 6. The molecule has 1 aromatic heterocycles. The van der Waals surface area contributed by atoms with Crippen molar-refractivity contribution in [2.45, 2.75) is 39.2 Å². The minimum Gasteiger partial charge on any atom is -0.454 e. The first kappa shape index (κ1) is 23.0. The summed E-state index contributed by atoms with van der Waals surface area (Å²) in [4.78, 5) is 53.5. The third-order valence-electron chi connectivity index (χ3n) is 8.00. The molecule has 9 heteroatoms. The highest BCUT2D eigenvalue weighted by molar-refractivity contribution is 6.07. The number of fused-ring (bicyclic) bond motifs is 1. The lowest BCUT2D eigenvalue weighted by atomic mass is 9.54. The van der Waals surface area contributed by atoms with Gasteiger partial charge in [0.2, 0.25) is 17.8 Å². The number of anilines is 1. The predicted molar refractivity (Wildman–Crippen MR) is 125 cm³/mol. The van der Waals surface area contributed by atoms with E-state index in [1.165, 1.54) is 11.8 Å². The minimum atomic E-state index is -0.994. The van der Waals surface area contributed by atoms with Crippen LogP contribution in [0.5, 0.6) is 0 Å². The molecule has 0 N–H and O–H groups in total. The van der Waals surface area contributed by atoms with Crippen molar-refractivity contribution in [1.82, 2.24) is 19.8 Å². The Labute approximate surface area is 200 Å². The fourth-order valence-corrected chi connectivity index (χ4v) is 6.80. The molecule has 5 aliphatic rings. The lowest BCUT2D eigenvalue weighted by Crippen LogP contribution is -2.57. The predicted octanol–water partition coefficient (Wildman–Crippen LogP) is 1.51. The number of carbonyl (C=O) groups is 3. The number of hydrogen-bond donors (Lipinski definition) is 0. The number of amides is 2. The van der Waals surface area contributed by atoms with E-state index in [-0.39, 0.29) is 23.7 Å². The maximum atomic E-state index is 13.5. The maximum Gasteiger partial charge on any atom is 0.303 e. The molecule has 5 atom stereocenters. The molecule has 2 aliphatic heterocycles. The number of hydrogen-bond acceptors (Lipinski definition) is 8. The Morgan fingerprint density at radius 1 is 1.09 bits per heavy atom. The van der Waals surface area contributed by atoms with Crippen molar-refractivity contribution in [1.29, 1.82) is 0 Å². The van der Waals surface area contributed by atoms with Gasteiger partial charge in [0.1, 0.15) is 5.60 Å². The molecule has 182 valence electrons. The van der Waals surface area contributed by atoms with E-state index >= 15 is 0 Å². The third-order valence-corrected chi connectivity index (χ3v) is 8.00. The molecule has 9 nitrogen and oxygen atoms in total. The standard InChI is InChI=1S/C25H33N5O4/c1-16-14-25(34-18(3)31)15-17(2)19(16)20-21(25)23(33)30(22(20)32)9-5-8-28-10-12-29(13-11-28)24-26-6-4-7-27-24/h4,6-7,14,17,19-21H,5,8-13,15H2,1-3H3/t17?,19-,20?,21?,25-/m1/s1. The number of carbonyl (C=O) groups excluding carboxylic acids is 3. The highest BCUT2D eigenvalue weighted by atomic mass is 16.6. The molecule has 3 unspecified atom stereocenters. The van der Waals surface area contributed by atoms with Crippen LogP contribution in [0.1, 0.15) is 33.6 Å². The number of esters is 1. The highest BCUT2D eigenvalue weighted by Gasteiger charge is 2.67. The number of ether oxygens (including phenoxy) is 1. The van der Waals surface area contributed by atoms with E-state index < -0.39 is 23.4 Å². The van der Waals surface area contributed by atoms with Crippen molar-refractivity contribution in [2.24, 2.45) is 23.7 Å². The van der Waals surface area contributed by atoms with Crippen LogP contribution in [-0.2, 0) is 19.1 Å². The van der Waals surface area contributed by atoms with E-state index in [0.717, 1.165) is 50.7 Å². The van der Waals surface area contributed by atoms with Crippen molar-refractivity contribution in [3.8, 4) is 0 Å². The number of nitrogens with zero attached hydrogens (tertiary/aromatic N) is 5. The zero-order valence-corrected chi connectivity index (χ0v) is 20.1. The average Bonchev–Trinajstić information content (AvgIpc) is 3.05. The number of piperazine rings is 1. The molecule has 0 aromatic carbocycles. The Morgan fingerprint density at radius 3 is 2.44 bits per heavy atom. The largest absolute Gasteiger partial charge is 0.454 e. The van der Waals surface area contributed by atoms with Gasteiger partial charge in [-0.25, -0.2) is 9.97 Å². The van der Waals surface area contributed by atoms with E-state index in [1.807, 2.05) is 19.1 Å². The van der Waals surface area contributed by atoms with E-state index in [4.69, 9.17) is 4.74 Å². The summed E-state index contributed by atoms with van der Waals surface area (Å²) in [5.41, 5.74) is 0.0658. The smallest absolute Gasteiger partial charge is 0.303 e. The van der Waals surface area contributed by atoms with Crippen LogP contribution in [-0.4, -0.2) is 82.4 Å². The third kappa shape index (κ3) is 3.79. The molecule has 0 spiro atoms. The van der Waals surface area contributed by atoms with E-state index in [9.17, 15) is 14.4 Å². The van der Waals surface area contributed by atoms with Gasteiger partial charge < -0.3 is 9.64 Å². The van der Waals surface area contributed by atoms with Crippen LogP contribution in [0.15, 0.2) is 30.1 Å². The highest BCUT2D eigenvalue weighted by Crippen LogP contribution is 2.58. The number of allylic oxidation sites excluding steroid dienone is 1. The van der Waals surface area contributed by atoms with E-state index in [0.29, 0.717) is 13.0 Å². The SMILES string of the molecule is CC(=O)O[C@]12C=C(C)[C@H](C(C)C1)C1C(=O)N(CCCN3CCN(c4ncccn4)CC3)C(=O)C12. The summed E-state index contributed by atoms with van der Waals surface area (Å²) in [6.07, 6.45) is 6.78.